The summed E-state index contributed by atoms with van der Waals surface area (Å²) in [5.41, 5.74) is 1.45. The summed E-state index contributed by atoms with van der Waals surface area (Å²) in [5.74, 6) is 0.394. The van der Waals surface area contributed by atoms with E-state index in [0.29, 0.717) is 40.1 Å². The number of aromatic nitrogens is 4. The third-order valence-electron chi connectivity index (χ3n) is 6.10. The fourth-order valence-corrected chi connectivity index (χ4v) is 4.48. The Labute approximate surface area is 218 Å². The van der Waals surface area contributed by atoms with Gasteiger partial charge >= 0.3 is 0 Å². The monoisotopic (exact) mass is 518 g/mol. The molecule has 1 unspecified atom stereocenters. The van der Waals surface area contributed by atoms with Gasteiger partial charge in [-0.3, -0.25) is 4.98 Å². The highest BCUT2D eigenvalue weighted by molar-refractivity contribution is 6.37. The molecule has 5 rings (SSSR count). The van der Waals surface area contributed by atoms with Crippen molar-refractivity contribution in [3.05, 3.63) is 107 Å². The Kier molecular flexibility index (Phi) is 6.54. The lowest BCUT2D eigenvalue weighted by Gasteiger charge is -2.30. The maximum Gasteiger partial charge on any atom is 0.259 e. The van der Waals surface area contributed by atoms with E-state index < -0.39 is 5.60 Å². The number of aliphatic hydroxyl groups is 1. The second-order valence-electron chi connectivity index (χ2n) is 8.57. The zero-order valence-corrected chi connectivity index (χ0v) is 21.2. The van der Waals surface area contributed by atoms with Crippen molar-refractivity contribution >= 4 is 22.5 Å². The summed E-state index contributed by atoms with van der Waals surface area (Å²) < 4.78 is 26.9. The van der Waals surface area contributed by atoms with E-state index in [1.165, 1.54) is 24.3 Å². The molecule has 0 saturated carbocycles. The Hall–Kier alpha value is -4.01. The number of pyridine rings is 2. The van der Waals surface area contributed by atoms with Crippen LogP contribution < -0.4 is 9.47 Å². The molecule has 0 aliphatic heterocycles. The molecule has 0 saturated heterocycles. The molecule has 0 aliphatic carbocycles. The van der Waals surface area contributed by atoms with Gasteiger partial charge in [0, 0.05) is 29.9 Å². The first-order chi connectivity index (χ1) is 17.8. The maximum atomic E-state index is 13.4. The molecule has 0 aliphatic rings. The number of nitrogens with zero attached hydrogens (tertiary/aromatic N) is 4. The van der Waals surface area contributed by atoms with Crippen LogP contribution in [-0.2, 0) is 12.6 Å². The summed E-state index contributed by atoms with van der Waals surface area (Å²) in [6.45, 7) is 4.05. The molecule has 3 heterocycles. The van der Waals surface area contributed by atoms with Crippen LogP contribution in [0.5, 0.6) is 17.4 Å². The highest BCUT2D eigenvalue weighted by Crippen LogP contribution is 2.44. The minimum Gasteiger partial charge on any atom is -0.475 e. The number of hydrogen-bond donors (Lipinski definition) is 1. The fourth-order valence-electron chi connectivity index (χ4n) is 4.20. The highest BCUT2D eigenvalue weighted by atomic mass is 35.5. The second kappa shape index (κ2) is 9.80. The molecular formula is C28H24ClFN4O3. The predicted molar refractivity (Wildman–Crippen MR) is 139 cm³/mol. The van der Waals surface area contributed by atoms with Crippen LogP contribution in [0.3, 0.4) is 0 Å². The van der Waals surface area contributed by atoms with E-state index in [4.69, 9.17) is 21.1 Å². The molecule has 0 fully saturated rings. The van der Waals surface area contributed by atoms with Crippen LogP contribution in [0.25, 0.3) is 10.9 Å². The smallest absolute Gasteiger partial charge is 0.259 e. The average molecular weight is 519 g/mol. The van der Waals surface area contributed by atoms with E-state index in [9.17, 15) is 9.50 Å². The molecular weight excluding hydrogens is 495 g/mol. The van der Waals surface area contributed by atoms with Crippen LogP contribution in [0.2, 0.25) is 5.02 Å². The van der Waals surface area contributed by atoms with Gasteiger partial charge in [-0.1, -0.05) is 23.7 Å². The lowest BCUT2D eigenvalue weighted by Crippen LogP contribution is -2.31. The van der Waals surface area contributed by atoms with E-state index in [1.54, 1.807) is 41.5 Å². The quantitative estimate of drug-likeness (QED) is 0.287. The van der Waals surface area contributed by atoms with Crippen molar-refractivity contribution in [1.82, 2.24) is 19.5 Å². The number of aryl methyl sites for hydroxylation is 2. The van der Waals surface area contributed by atoms with Gasteiger partial charge in [-0.2, -0.15) is 0 Å². The number of fused-ring (bicyclic) bond motifs is 1. The summed E-state index contributed by atoms with van der Waals surface area (Å²) in [5, 5.41) is 13.0. The van der Waals surface area contributed by atoms with Gasteiger partial charge in [0.25, 0.3) is 5.88 Å². The fraction of sp³-hybridized carbons (Fsp3) is 0.179. The van der Waals surface area contributed by atoms with Crippen LogP contribution in [0, 0.1) is 12.7 Å². The lowest BCUT2D eigenvalue weighted by molar-refractivity contribution is 0.117. The van der Waals surface area contributed by atoms with Crippen LogP contribution in [0.1, 0.15) is 29.4 Å². The van der Waals surface area contributed by atoms with Gasteiger partial charge in [0.05, 0.1) is 35.4 Å². The van der Waals surface area contributed by atoms with Crippen molar-refractivity contribution in [1.29, 1.82) is 0 Å². The molecule has 37 heavy (non-hydrogen) atoms. The zero-order chi connectivity index (χ0) is 26.2. The zero-order valence-electron chi connectivity index (χ0n) is 20.4. The topological polar surface area (TPSA) is 82.3 Å². The lowest BCUT2D eigenvalue weighted by atomic mass is 9.83. The summed E-state index contributed by atoms with van der Waals surface area (Å²) in [6.07, 6.45) is 4.89. The Bertz CT molecular complexity index is 1570. The standard InChI is InChI=1S/C28H24ClFN4O3/c1-4-36-27-26(37-21-10-8-20(30)9-11-21)25(29)22-13-18(7-12-23(22)33-27)28(35,24-15-31-16-34(24)3)19-6-5-17(2)32-14-19/h5-16,35H,4H2,1-3H3. The Balaban J connectivity index is 1.71. The molecule has 0 bridgehead atoms. The number of halogens is 2. The molecule has 7 nitrogen and oxygen atoms in total. The van der Waals surface area contributed by atoms with Crippen molar-refractivity contribution in [3.8, 4) is 17.4 Å². The first-order valence-corrected chi connectivity index (χ1v) is 12.0. The van der Waals surface area contributed by atoms with Crippen LogP contribution in [0.4, 0.5) is 4.39 Å². The van der Waals surface area contributed by atoms with Gasteiger partial charge < -0.3 is 19.1 Å². The van der Waals surface area contributed by atoms with Crippen molar-refractivity contribution in [2.45, 2.75) is 19.4 Å². The summed E-state index contributed by atoms with van der Waals surface area (Å²) in [7, 11) is 1.81. The largest absolute Gasteiger partial charge is 0.475 e. The molecule has 5 aromatic rings. The van der Waals surface area contributed by atoms with Gasteiger partial charge in [-0.25, -0.2) is 14.4 Å². The van der Waals surface area contributed by atoms with Gasteiger partial charge in [-0.15, -0.1) is 0 Å². The molecule has 2 aromatic carbocycles. The van der Waals surface area contributed by atoms with E-state index in [1.807, 2.05) is 33.0 Å². The van der Waals surface area contributed by atoms with Crippen molar-refractivity contribution in [3.63, 3.8) is 0 Å². The van der Waals surface area contributed by atoms with Gasteiger partial charge in [0.1, 0.15) is 11.6 Å². The molecule has 188 valence electrons. The minimum atomic E-state index is -1.58. The minimum absolute atomic E-state index is 0.195. The third kappa shape index (κ3) is 4.50. The molecule has 1 atom stereocenters. The van der Waals surface area contributed by atoms with Crippen LogP contribution in [0.15, 0.2) is 73.3 Å². The third-order valence-corrected chi connectivity index (χ3v) is 6.47. The Morgan fingerprint density at radius 2 is 1.81 bits per heavy atom. The highest BCUT2D eigenvalue weighted by Gasteiger charge is 2.37. The van der Waals surface area contributed by atoms with Gasteiger partial charge in [0.2, 0.25) is 5.75 Å². The molecule has 0 amide bonds. The van der Waals surface area contributed by atoms with Gasteiger partial charge in [0.15, 0.2) is 5.60 Å². The van der Waals surface area contributed by atoms with Crippen LogP contribution >= 0.6 is 11.6 Å². The molecule has 0 radical (unpaired) electrons. The number of rotatable bonds is 7. The number of hydrogen-bond acceptors (Lipinski definition) is 6. The normalized spacial score (nSPS) is 12.9. The number of ether oxygens (including phenoxy) is 2. The van der Waals surface area contributed by atoms with Gasteiger partial charge in [-0.05, 0) is 61.9 Å². The summed E-state index contributed by atoms with van der Waals surface area (Å²) in [6, 6.07) is 14.6. The molecule has 9 heteroatoms. The van der Waals surface area contributed by atoms with E-state index in [2.05, 4.69) is 15.0 Å². The molecule has 1 N–H and O–H groups in total. The Morgan fingerprint density at radius 3 is 2.46 bits per heavy atom. The average Bonchev–Trinajstić information content (AvgIpc) is 3.34. The first-order valence-electron chi connectivity index (χ1n) is 11.6. The van der Waals surface area contributed by atoms with Crippen LogP contribution in [-0.4, -0.2) is 31.2 Å². The summed E-state index contributed by atoms with van der Waals surface area (Å²) in [4.78, 5) is 13.2. The summed E-state index contributed by atoms with van der Waals surface area (Å²) >= 11 is 6.88. The van der Waals surface area contributed by atoms with E-state index >= 15 is 0 Å². The molecule has 3 aromatic heterocycles. The number of imidazole rings is 1. The van der Waals surface area contributed by atoms with E-state index in [-0.39, 0.29) is 22.5 Å². The van der Waals surface area contributed by atoms with Crippen molar-refractivity contribution < 1.29 is 19.0 Å². The van der Waals surface area contributed by atoms with Crippen molar-refractivity contribution in [2.75, 3.05) is 6.61 Å². The first kappa shape index (κ1) is 24.7. The maximum absolute atomic E-state index is 13.4. The predicted octanol–water partition coefficient (Wildman–Crippen LogP) is 5.94. The Morgan fingerprint density at radius 1 is 1.05 bits per heavy atom. The second-order valence-corrected chi connectivity index (χ2v) is 8.95. The van der Waals surface area contributed by atoms with E-state index in [0.717, 1.165) is 5.69 Å². The number of benzene rings is 2. The molecule has 0 spiro atoms. The van der Waals surface area contributed by atoms with Crippen molar-refractivity contribution in [2.24, 2.45) is 7.05 Å². The SMILES string of the molecule is CCOc1nc2ccc(C(O)(c3ccc(C)nc3)c3cncn3C)cc2c(Cl)c1Oc1ccc(F)cc1.